The molecule has 1 aliphatic heterocycles. The number of likely N-dealkylation sites (N-methyl/N-ethyl adjacent to an activating group) is 1. The van der Waals surface area contributed by atoms with Gasteiger partial charge in [-0.3, -0.25) is 14.5 Å². The molecule has 0 radical (unpaired) electrons. The van der Waals surface area contributed by atoms with Crippen LogP contribution in [0.5, 0.6) is 0 Å². The number of benzene rings is 2. The van der Waals surface area contributed by atoms with E-state index in [1.807, 2.05) is 31.2 Å². The summed E-state index contributed by atoms with van der Waals surface area (Å²) >= 11 is 0. The van der Waals surface area contributed by atoms with Gasteiger partial charge in [-0.15, -0.1) is 0 Å². The first-order valence-corrected chi connectivity index (χ1v) is 12.1. The quantitative estimate of drug-likeness (QED) is 0.634. The summed E-state index contributed by atoms with van der Waals surface area (Å²) in [5.41, 5.74) is 2.31. The number of carbonyl (C=O) groups is 2. The molecule has 0 aliphatic carbocycles. The molecule has 32 heavy (non-hydrogen) atoms. The van der Waals surface area contributed by atoms with Crippen LogP contribution >= 0.6 is 0 Å². The van der Waals surface area contributed by atoms with Gasteiger partial charge in [-0.05, 0) is 70.1 Å². The standard InChI is InChI=1S/C23H30N4O4S/c1-17-6-8-19(9-7-17)24-22(28)16-26(3)18(2)23(29)25-20-10-12-21(13-11-20)32(30,31)27-14-4-5-15-27/h6-13,18H,4-5,14-16H2,1-3H3,(H,24,28)(H,25,29)/t18-/m1/s1. The lowest BCUT2D eigenvalue weighted by atomic mass is 10.2. The van der Waals surface area contributed by atoms with Gasteiger partial charge >= 0.3 is 0 Å². The second-order valence-electron chi connectivity index (χ2n) is 8.13. The van der Waals surface area contributed by atoms with Crippen molar-refractivity contribution in [1.29, 1.82) is 0 Å². The van der Waals surface area contributed by atoms with Crippen molar-refractivity contribution in [2.24, 2.45) is 0 Å². The molecule has 2 aromatic rings. The summed E-state index contributed by atoms with van der Waals surface area (Å²) in [5, 5.41) is 5.59. The van der Waals surface area contributed by atoms with Crippen LogP contribution in [0.2, 0.25) is 0 Å². The van der Waals surface area contributed by atoms with E-state index in [0.717, 1.165) is 18.4 Å². The summed E-state index contributed by atoms with van der Waals surface area (Å²) in [6.07, 6.45) is 1.75. The van der Waals surface area contributed by atoms with E-state index >= 15 is 0 Å². The van der Waals surface area contributed by atoms with Crippen molar-refractivity contribution in [2.45, 2.75) is 37.6 Å². The van der Waals surface area contributed by atoms with Crippen molar-refractivity contribution in [3.63, 3.8) is 0 Å². The number of rotatable bonds is 8. The highest BCUT2D eigenvalue weighted by Crippen LogP contribution is 2.22. The molecule has 3 rings (SSSR count). The van der Waals surface area contributed by atoms with Crippen molar-refractivity contribution in [3.8, 4) is 0 Å². The number of hydrogen-bond acceptors (Lipinski definition) is 5. The molecule has 1 atom stereocenters. The minimum Gasteiger partial charge on any atom is -0.325 e. The number of nitrogens with one attached hydrogen (secondary N) is 2. The van der Waals surface area contributed by atoms with Gasteiger partial charge in [0.1, 0.15) is 0 Å². The molecule has 2 aromatic carbocycles. The molecule has 9 heteroatoms. The Bertz CT molecular complexity index is 1050. The van der Waals surface area contributed by atoms with Crippen LogP contribution in [0.1, 0.15) is 25.3 Å². The molecule has 172 valence electrons. The van der Waals surface area contributed by atoms with Crippen LogP contribution in [0.15, 0.2) is 53.4 Å². The summed E-state index contributed by atoms with van der Waals surface area (Å²) in [5.74, 6) is -0.502. The SMILES string of the molecule is Cc1ccc(NC(=O)CN(C)[C@H](C)C(=O)Nc2ccc(S(=O)(=O)N3CCCC3)cc2)cc1. The van der Waals surface area contributed by atoms with Gasteiger partial charge in [0.25, 0.3) is 0 Å². The molecular weight excluding hydrogens is 428 g/mol. The van der Waals surface area contributed by atoms with Crippen LogP contribution in [0.3, 0.4) is 0 Å². The van der Waals surface area contributed by atoms with E-state index in [9.17, 15) is 18.0 Å². The molecule has 0 bridgehead atoms. The Hall–Kier alpha value is -2.75. The molecule has 2 N–H and O–H groups in total. The van der Waals surface area contributed by atoms with Gasteiger partial charge in [-0.1, -0.05) is 17.7 Å². The van der Waals surface area contributed by atoms with Crippen molar-refractivity contribution >= 4 is 33.2 Å². The van der Waals surface area contributed by atoms with Gasteiger partial charge in [0, 0.05) is 24.5 Å². The predicted octanol–water partition coefficient (Wildman–Crippen LogP) is 2.68. The molecule has 8 nitrogen and oxygen atoms in total. The van der Waals surface area contributed by atoms with Crippen LogP contribution in [-0.4, -0.2) is 62.2 Å². The summed E-state index contributed by atoms with van der Waals surface area (Å²) in [4.78, 5) is 26.8. The van der Waals surface area contributed by atoms with E-state index in [1.165, 1.54) is 16.4 Å². The summed E-state index contributed by atoms with van der Waals surface area (Å²) in [6, 6.07) is 13.1. The van der Waals surface area contributed by atoms with E-state index in [2.05, 4.69) is 10.6 Å². The molecular formula is C23H30N4O4S. The minimum absolute atomic E-state index is 0.0511. The first kappa shape index (κ1) is 23.9. The van der Waals surface area contributed by atoms with Crippen LogP contribution in [0.4, 0.5) is 11.4 Å². The molecule has 1 saturated heterocycles. The van der Waals surface area contributed by atoms with Gasteiger partial charge in [0.05, 0.1) is 17.5 Å². The zero-order chi connectivity index (χ0) is 23.3. The molecule has 1 aliphatic rings. The number of carbonyl (C=O) groups excluding carboxylic acids is 2. The number of aryl methyl sites for hydroxylation is 1. The summed E-state index contributed by atoms with van der Waals surface area (Å²) in [7, 11) is -1.79. The average molecular weight is 459 g/mol. The summed E-state index contributed by atoms with van der Waals surface area (Å²) in [6.45, 7) is 4.82. The lowest BCUT2D eigenvalue weighted by molar-refractivity contribution is -0.122. The van der Waals surface area contributed by atoms with E-state index in [-0.39, 0.29) is 23.3 Å². The smallest absolute Gasteiger partial charge is 0.243 e. The van der Waals surface area contributed by atoms with Crippen LogP contribution in [-0.2, 0) is 19.6 Å². The molecule has 0 saturated carbocycles. The topological polar surface area (TPSA) is 98.8 Å². The molecule has 1 fully saturated rings. The number of amides is 2. The summed E-state index contributed by atoms with van der Waals surface area (Å²) < 4.78 is 26.7. The van der Waals surface area contributed by atoms with Gasteiger partial charge < -0.3 is 10.6 Å². The Morgan fingerprint density at radius 1 is 0.969 bits per heavy atom. The monoisotopic (exact) mass is 458 g/mol. The van der Waals surface area contributed by atoms with Crippen molar-refractivity contribution in [2.75, 3.05) is 37.3 Å². The Balaban J connectivity index is 1.54. The number of hydrogen-bond donors (Lipinski definition) is 2. The first-order chi connectivity index (χ1) is 15.2. The molecule has 0 unspecified atom stereocenters. The number of anilines is 2. The van der Waals surface area contributed by atoms with E-state index < -0.39 is 16.1 Å². The Kier molecular flexibility index (Phi) is 7.65. The maximum Gasteiger partial charge on any atom is 0.243 e. The second kappa shape index (κ2) is 10.2. The Morgan fingerprint density at radius 2 is 1.50 bits per heavy atom. The number of sulfonamides is 1. The van der Waals surface area contributed by atoms with E-state index in [0.29, 0.717) is 24.5 Å². The fraction of sp³-hybridized carbons (Fsp3) is 0.391. The highest BCUT2D eigenvalue weighted by atomic mass is 32.2. The predicted molar refractivity (Wildman–Crippen MR) is 125 cm³/mol. The van der Waals surface area contributed by atoms with Crippen LogP contribution in [0.25, 0.3) is 0 Å². The molecule has 2 amide bonds. The zero-order valence-corrected chi connectivity index (χ0v) is 19.5. The van der Waals surface area contributed by atoms with Crippen LogP contribution < -0.4 is 10.6 Å². The maximum atomic E-state index is 12.6. The highest BCUT2D eigenvalue weighted by Gasteiger charge is 2.27. The third-order valence-corrected chi connectivity index (χ3v) is 7.51. The lowest BCUT2D eigenvalue weighted by Crippen LogP contribution is -2.43. The van der Waals surface area contributed by atoms with Crippen molar-refractivity contribution in [3.05, 3.63) is 54.1 Å². The second-order valence-corrected chi connectivity index (χ2v) is 10.1. The van der Waals surface area contributed by atoms with Gasteiger partial charge in [-0.2, -0.15) is 4.31 Å². The van der Waals surface area contributed by atoms with E-state index in [4.69, 9.17) is 0 Å². The largest absolute Gasteiger partial charge is 0.325 e. The number of nitrogens with zero attached hydrogens (tertiary/aromatic N) is 2. The highest BCUT2D eigenvalue weighted by molar-refractivity contribution is 7.89. The maximum absolute atomic E-state index is 12.6. The normalized spacial score (nSPS) is 15.5. The fourth-order valence-electron chi connectivity index (χ4n) is 3.44. The van der Waals surface area contributed by atoms with E-state index in [1.54, 1.807) is 31.0 Å². The zero-order valence-electron chi connectivity index (χ0n) is 18.7. The molecule has 0 aromatic heterocycles. The lowest BCUT2D eigenvalue weighted by Gasteiger charge is -2.23. The minimum atomic E-state index is -3.49. The van der Waals surface area contributed by atoms with Gasteiger partial charge in [0.15, 0.2) is 0 Å². The third kappa shape index (κ3) is 5.93. The fourth-order valence-corrected chi connectivity index (χ4v) is 4.95. The molecule has 1 heterocycles. The first-order valence-electron chi connectivity index (χ1n) is 10.6. The Labute approximate surface area is 189 Å². The van der Waals surface area contributed by atoms with Crippen molar-refractivity contribution < 1.29 is 18.0 Å². The van der Waals surface area contributed by atoms with Crippen molar-refractivity contribution in [1.82, 2.24) is 9.21 Å². The van der Waals surface area contributed by atoms with Gasteiger partial charge in [0.2, 0.25) is 21.8 Å². The molecule has 0 spiro atoms. The Morgan fingerprint density at radius 3 is 2.09 bits per heavy atom. The average Bonchev–Trinajstić information content (AvgIpc) is 3.31. The van der Waals surface area contributed by atoms with Gasteiger partial charge in [-0.25, -0.2) is 8.42 Å². The van der Waals surface area contributed by atoms with Crippen LogP contribution in [0, 0.1) is 6.92 Å². The third-order valence-electron chi connectivity index (χ3n) is 5.59.